The number of likely N-dealkylation sites (tertiary alicyclic amines) is 1. The number of rotatable bonds is 5. The summed E-state index contributed by atoms with van der Waals surface area (Å²) in [5.41, 5.74) is 5.75. The fourth-order valence-corrected chi connectivity index (χ4v) is 3.71. The Morgan fingerprint density at radius 2 is 1.95 bits per heavy atom. The van der Waals surface area contributed by atoms with Crippen LogP contribution in [0.3, 0.4) is 0 Å². The number of hydrogen-bond acceptors (Lipinski definition) is 2. The van der Waals surface area contributed by atoms with Gasteiger partial charge in [0.15, 0.2) is 0 Å². The molecule has 19 heavy (non-hydrogen) atoms. The summed E-state index contributed by atoms with van der Waals surface area (Å²) in [5.74, 6) is 1.22. The third kappa shape index (κ3) is 4.48. The molecule has 0 aromatic carbocycles. The van der Waals surface area contributed by atoms with Gasteiger partial charge in [-0.15, -0.1) is 0 Å². The lowest BCUT2D eigenvalue weighted by atomic mass is 9.84. The van der Waals surface area contributed by atoms with Crippen LogP contribution in [-0.4, -0.2) is 29.4 Å². The molecule has 2 rings (SSSR count). The van der Waals surface area contributed by atoms with Crippen molar-refractivity contribution in [3.8, 4) is 0 Å². The highest BCUT2D eigenvalue weighted by molar-refractivity contribution is 5.76. The molecule has 2 fully saturated rings. The van der Waals surface area contributed by atoms with Crippen LogP contribution in [0.5, 0.6) is 0 Å². The van der Waals surface area contributed by atoms with E-state index >= 15 is 0 Å². The quantitative estimate of drug-likeness (QED) is 0.831. The zero-order valence-corrected chi connectivity index (χ0v) is 12.4. The largest absolute Gasteiger partial charge is 0.340 e. The highest BCUT2D eigenvalue weighted by atomic mass is 16.2. The summed E-state index contributed by atoms with van der Waals surface area (Å²) in [4.78, 5) is 14.4. The molecule has 2 atom stereocenters. The highest BCUT2D eigenvalue weighted by Crippen LogP contribution is 2.32. The summed E-state index contributed by atoms with van der Waals surface area (Å²) < 4.78 is 0. The van der Waals surface area contributed by atoms with Gasteiger partial charge >= 0.3 is 0 Å². The van der Waals surface area contributed by atoms with Crippen LogP contribution in [0.1, 0.15) is 71.1 Å². The zero-order valence-electron chi connectivity index (χ0n) is 12.4. The SMILES string of the molecule is CC(N)CCC(=O)N1CCCC1CC1CCCCC1. The molecule has 1 aliphatic heterocycles. The van der Waals surface area contributed by atoms with E-state index in [1.165, 1.54) is 51.4 Å². The highest BCUT2D eigenvalue weighted by Gasteiger charge is 2.30. The Hall–Kier alpha value is -0.570. The van der Waals surface area contributed by atoms with Gasteiger partial charge in [-0.1, -0.05) is 32.1 Å². The van der Waals surface area contributed by atoms with E-state index in [2.05, 4.69) is 4.90 Å². The maximum Gasteiger partial charge on any atom is 0.222 e. The van der Waals surface area contributed by atoms with E-state index in [0.717, 1.165) is 18.9 Å². The Morgan fingerprint density at radius 1 is 1.21 bits per heavy atom. The first kappa shape index (κ1) is 14.8. The molecule has 110 valence electrons. The normalized spacial score (nSPS) is 26.6. The smallest absolute Gasteiger partial charge is 0.222 e. The Morgan fingerprint density at radius 3 is 2.63 bits per heavy atom. The molecule has 2 N–H and O–H groups in total. The van der Waals surface area contributed by atoms with Crippen LogP contribution in [0.15, 0.2) is 0 Å². The number of amides is 1. The number of carbonyl (C=O) groups excluding carboxylic acids is 1. The van der Waals surface area contributed by atoms with Gasteiger partial charge in [-0.05, 0) is 38.5 Å². The molecule has 3 nitrogen and oxygen atoms in total. The summed E-state index contributed by atoms with van der Waals surface area (Å²) in [6.07, 6.45) is 12.1. The van der Waals surface area contributed by atoms with Crippen molar-refractivity contribution in [3.05, 3.63) is 0 Å². The fraction of sp³-hybridized carbons (Fsp3) is 0.938. The van der Waals surface area contributed by atoms with Crippen LogP contribution < -0.4 is 5.73 Å². The standard InChI is InChI=1S/C16H30N2O/c1-13(17)9-10-16(19)18-11-5-8-15(18)12-14-6-3-2-4-7-14/h13-15H,2-12,17H2,1H3. The predicted octanol–water partition coefficient (Wildman–Crippen LogP) is 3.08. The monoisotopic (exact) mass is 266 g/mol. The average Bonchev–Trinajstić information content (AvgIpc) is 2.85. The Labute approximate surface area is 117 Å². The van der Waals surface area contributed by atoms with Gasteiger partial charge in [0.2, 0.25) is 5.91 Å². The summed E-state index contributed by atoms with van der Waals surface area (Å²) in [6.45, 7) is 2.96. The molecule has 0 spiro atoms. The van der Waals surface area contributed by atoms with E-state index in [9.17, 15) is 4.79 Å². The lowest BCUT2D eigenvalue weighted by Crippen LogP contribution is -2.37. The Balaban J connectivity index is 1.80. The van der Waals surface area contributed by atoms with Crippen molar-refractivity contribution < 1.29 is 4.79 Å². The molecule has 3 heteroatoms. The molecule has 1 aliphatic carbocycles. The van der Waals surface area contributed by atoms with Crippen molar-refractivity contribution in [2.24, 2.45) is 11.7 Å². The number of nitrogens with zero attached hydrogens (tertiary/aromatic N) is 1. The van der Waals surface area contributed by atoms with Crippen molar-refractivity contribution in [2.75, 3.05) is 6.54 Å². The number of hydrogen-bond donors (Lipinski definition) is 1. The van der Waals surface area contributed by atoms with Gasteiger partial charge in [0.25, 0.3) is 0 Å². The Bertz CT molecular complexity index is 284. The molecular weight excluding hydrogens is 236 g/mol. The molecule has 1 saturated heterocycles. The minimum absolute atomic E-state index is 0.142. The van der Waals surface area contributed by atoms with Gasteiger partial charge in [0.05, 0.1) is 0 Å². The van der Waals surface area contributed by atoms with Gasteiger partial charge in [0.1, 0.15) is 0 Å². The van der Waals surface area contributed by atoms with Crippen LogP contribution >= 0.6 is 0 Å². The van der Waals surface area contributed by atoms with E-state index in [0.29, 0.717) is 18.4 Å². The minimum Gasteiger partial charge on any atom is -0.340 e. The second-order valence-corrected chi connectivity index (χ2v) is 6.64. The van der Waals surface area contributed by atoms with Crippen molar-refractivity contribution in [1.29, 1.82) is 0 Å². The number of carbonyl (C=O) groups is 1. The van der Waals surface area contributed by atoms with Crippen LogP contribution in [0.2, 0.25) is 0 Å². The summed E-state index contributed by atoms with van der Waals surface area (Å²) in [7, 11) is 0. The van der Waals surface area contributed by atoms with Gasteiger partial charge < -0.3 is 10.6 Å². The second-order valence-electron chi connectivity index (χ2n) is 6.64. The summed E-state index contributed by atoms with van der Waals surface area (Å²) in [5, 5.41) is 0. The van der Waals surface area contributed by atoms with E-state index in [4.69, 9.17) is 5.73 Å². The van der Waals surface area contributed by atoms with E-state index in [1.54, 1.807) is 0 Å². The van der Waals surface area contributed by atoms with Gasteiger partial charge in [-0.2, -0.15) is 0 Å². The molecule has 0 aromatic heterocycles. The zero-order chi connectivity index (χ0) is 13.7. The average molecular weight is 266 g/mol. The molecule has 1 saturated carbocycles. The molecule has 1 amide bonds. The fourth-order valence-electron chi connectivity index (χ4n) is 3.71. The third-order valence-corrected chi connectivity index (χ3v) is 4.84. The van der Waals surface area contributed by atoms with E-state index in [1.807, 2.05) is 6.92 Å². The third-order valence-electron chi connectivity index (χ3n) is 4.84. The van der Waals surface area contributed by atoms with Crippen molar-refractivity contribution in [2.45, 2.75) is 83.2 Å². The molecule has 0 aromatic rings. The van der Waals surface area contributed by atoms with Crippen LogP contribution in [0.25, 0.3) is 0 Å². The van der Waals surface area contributed by atoms with Crippen molar-refractivity contribution in [1.82, 2.24) is 4.90 Å². The first-order valence-corrected chi connectivity index (χ1v) is 8.22. The molecular formula is C16H30N2O. The lowest BCUT2D eigenvalue weighted by Gasteiger charge is -2.30. The minimum atomic E-state index is 0.142. The predicted molar refractivity (Wildman–Crippen MR) is 78.8 cm³/mol. The molecule has 0 radical (unpaired) electrons. The van der Waals surface area contributed by atoms with Crippen LogP contribution in [-0.2, 0) is 4.79 Å². The maximum atomic E-state index is 12.3. The van der Waals surface area contributed by atoms with Gasteiger partial charge in [0, 0.05) is 25.0 Å². The molecule has 2 aliphatic rings. The summed E-state index contributed by atoms with van der Waals surface area (Å²) in [6, 6.07) is 0.673. The molecule has 0 bridgehead atoms. The molecule has 2 unspecified atom stereocenters. The molecule has 1 heterocycles. The topological polar surface area (TPSA) is 46.3 Å². The van der Waals surface area contributed by atoms with Crippen molar-refractivity contribution >= 4 is 5.91 Å². The first-order valence-electron chi connectivity index (χ1n) is 8.22. The number of nitrogens with two attached hydrogens (primary N) is 1. The van der Waals surface area contributed by atoms with Crippen LogP contribution in [0.4, 0.5) is 0 Å². The van der Waals surface area contributed by atoms with E-state index < -0.39 is 0 Å². The maximum absolute atomic E-state index is 12.3. The van der Waals surface area contributed by atoms with E-state index in [-0.39, 0.29) is 6.04 Å². The van der Waals surface area contributed by atoms with Crippen molar-refractivity contribution in [3.63, 3.8) is 0 Å². The Kier molecular flexibility index (Phi) is 5.68. The van der Waals surface area contributed by atoms with Gasteiger partial charge in [-0.3, -0.25) is 4.79 Å². The van der Waals surface area contributed by atoms with Gasteiger partial charge in [-0.25, -0.2) is 0 Å². The summed E-state index contributed by atoms with van der Waals surface area (Å²) >= 11 is 0. The second kappa shape index (κ2) is 7.28. The van der Waals surface area contributed by atoms with Crippen LogP contribution in [0, 0.1) is 5.92 Å². The lowest BCUT2D eigenvalue weighted by molar-refractivity contribution is -0.132. The first-order chi connectivity index (χ1) is 9.16.